The minimum absolute atomic E-state index is 0.0308. The molecule has 2 saturated heterocycles. The van der Waals surface area contributed by atoms with Crippen LogP contribution in [-0.4, -0.2) is 60.0 Å². The molecule has 2 amide bonds. The third-order valence-electron chi connectivity index (χ3n) is 8.35. The van der Waals surface area contributed by atoms with Crippen molar-refractivity contribution in [2.24, 2.45) is 0 Å². The van der Waals surface area contributed by atoms with Gasteiger partial charge in [0.1, 0.15) is 23.4 Å². The Kier molecular flexibility index (Phi) is 8.20. The molecule has 44 heavy (non-hydrogen) atoms. The second kappa shape index (κ2) is 12.2. The number of aromatic amines is 1. The predicted molar refractivity (Wildman–Crippen MR) is 158 cm³/mol. The summed E-state index contributed by atoms with van der Waals surface area (Å²) < 4.78 is 58.0. The molecule has 2 N–H and O–H groups in total. The van der Waals surface area contributed by atoms with Crippen molar-refractivity contribution in [2.45, 2.75) is 44.0 Å². The van der Waals surface area contributed by atoms with Crippen LogP contribution in [0.2, 0.25) is 0 Å². The van der Waals surface area contributed by atoms with Gasteiger partial charge in [-0.3, -0.25) is 9.59 Å². The van der Waals surface area contributed by atoms with Crippen molar-refractivity contribution in [3.05, 3.63) is 95.4 Å². The zero-order chi connectivity index (χ0) is 30.8. The van der Waals surface area contributed by atoms with Gasteiger partial charge < -0.3 is 24.8 Å². The number of carbonyl (C=O) groups is 2. The molecule has 6 rings (SSSR count). The minimum Gasteiger partial charge on any atom is -0.490 e. The number of ether oxygens (including phenoxy) is 1. The van der Waals surface area contributed by atoms with E-state index in [4.69, 9.17) is 4.74 Å². The zero-order valence-corrected chi connectivity index (χ0v) is 23.9. The highest BCUT2D eigenvalue weighted by Crippen LogP contribution is 2.32. The number of H-pyrrole nitrogens is 1. The van der Waals surface area contributed by atoms with Gasteiger partial charge in [0.15, 0.2) is 0 Å². The van der Waals surface area contributed by atoms with E-state index in [2.05, 4.69) is 15.2 Å². The number of aromatic nitrogens is 1. The van der Waals surface area contributed by atoms with Gasteiger partial charge in [-0.2, -0.15) is 13.2 Å². The van der Waals surface area contributed by atoms with Gasteiger partial charge in [-0.1, -0.05) is 0 Å². The number of piperidine rings is 2. The lowest BCUT2D eigenvalue weighted by Gasteiger charge is -2.33. The van der Waals surface area contributed by atoms with E-state index >= 15 is 0 Å². The van der Waals surface area contributed by atoms with E-state index in [1.54, 1.807) is 11.0 Å². The molecule has 0 saturated carbocycles. The summed E-state index contributed by atoms with van der Waals surface area (Å²) in [7, 11) is 0. The molecule has 11 heteroatoms. The molecule has 3 aromatic carbocycles. The van der Waals surface area contributed by atoms with Gasteiger partial charge in [0.25, 0.3) is 11.8 Å². The Labute approximate surface area is 251 Å². The molecule has 0 spiro atoms. The van der Waals surface area contributed by atoms with E-state index in [0.717, 1.165) is 41.6 Å². The van der Waals surface area contributed by atoms with Gasteiger partial charge in [0.05, 0.1) is 5.56 Å². The molecule has 3 heterocycles. The first-order valence-corrected chi connectivity index (χ1v) is 14.7. The number of rotatable bonds is 6. The number of nitrogens with one attached hydrogen (secondary N) is 2. The van der Waals surface area contributed by atoms with Gasteiger partial charge >= 0.3 is 6.18 Å². The number of likely N-dealkylation sites (tertiary alicyclic amines) is 1. The van der Waals surface area contributed by atoms with Crippen LogP contribution in [0.3, 0.4) is 0 Å². The number of amides is 2. The summed E-state index contributed by atoms with van der Waals surface area (Å²) in [6.07, 6.45) is -1.68. The molecule has 0 radical (unpaired) electrons. The van der Waals surface area contributed by atoms with Crippen LogP contribution in [0.4, 0.5) is 23.2 Å². The first-order valence-electron chi connectivity index (χ1n) is 14.7. The zero-order valence-electron chi connectivity index (χ0n) is 23.9. The van der Waals surface area contributed by atoms with E-state index in [-0.39, 0.29) is 29.8 Å². The van der Waals surface area contributed by atoms with Gasteiger partial charge in [-0.05, 0) is 79.6 Å². The molecular weight excluding hydrogens is 576 g/mol. The average molecular weight is 609 g/mol. The Morgan fingerprint density at radius 3 is 2.18 bits per heavy atom. The van der Waals surface area contributed by atoms with Crippen molar-refractivity contribution in [3.8, 4) is 5.75 Å². The van der Waals surface area contributed by atoms with E-state index < -0.39 is 11.7 Å². The lowest BCUT2D eigenvalue weighted by molar-refractivity contribution is -0.137. The fourth-order valence-corrected chi connectivity index (χ4v) is 5.85. The summed E-state index contributed by atoms with van der Waals surface area (Å²) in [6, 6.07) is 18.1. The topological polar surface area (TPSA) is 77.7 Å². The summed E-state index contributed by atoms with van der Waals surface area (Å²) in [5.74, 6) is -0.0742. The van der Waals surface area contributed by atoms with Crippen LogP contribution in [-0.2, 0) is 6.18 Å². The van der Waals surface area contributed by atoms with Crippen molar-refractivity contribution in [3.63, 3.8) is 0 Å². The summed E-state index contributed by atoms with van der Waals surface area (Å²) >= 11 is 0. The molecule has 0 unspecified atom stereocenters. The van der Waals surface area contributed by atoms with Gasteiger partial charge in [0, 0.05) is 73.3 Å². The van der Waals surface area contributed by atoms with Crippen molar-refractivity contribution < 1.29 is 31.9 Å². The van der Waals surface area contributed by atoms with E-state index in [9.17, 15) is 27.2 Å². The third kappa shape index (κ3) is 6.66. The quantitative estimate of drug-likeness (QED) is 0.248. The number of benzene rings is 3. The summed E-state index contributed by atoms with van der Waals surface area (Å²) in [5, 5.41) is 3.94. The Bertz CT molecular complexity index is 1620. The van der Waals surface area contributed by atoms with E-state index in [1.165, 1.54) is 36.4 Å². The monoisotopic (exact) mass is 608 g/mol. The predicted octanol–water partition coefficient (Wildman–Crippen LogP) is 6.41. The molecule has 2 aliphatic rings. The third-order valence-corrected chi connectivity index (χ3v) is 8.35. The number of nitrogens with zero attached hydrogens (tertiary/aromatic N) is 2. The van der Waals surface area contributed by atoms with Crippen molar-refractivity contribution in [1.29, 1.82) is 0 Å². The Hall–Kier alpha value is -4.54. The van der Waals surface area contributed by atoms with Crippen LogP contribution in [0.5, 0.6) is 5.75 Å². The first kappa shape index (κ1) is 29.5. The number of carbonyl (C=O) groups excluding carboxylic acids is 2. The van der Waals surface area contributed by atoms with Crippen LogP contribution in [0.15, 0.2) is 72.8 Å². The number of anilines is 1. The second-order valence-corrected chi connectivity index (χ2v) is 11.3. The fourth-order valence-electron chi connectivity index (χ4n) is 5.85. The van der Waals surface area contributed by atoms with Crippen LogP contribution < -0.4 is 15.0 Å². The summed E-state index contributed by atoms with van der Waals surface area (Å²) in [5.41, 5.74) is 1.76. The summed E-state index contributed by atoms with van der Waals surface area (Å²) in [4.78, 5) is 32.7. The Balaban J connectivity index is 0.993. The molecule has 7 nitrogen and oxygen atoms in total. The fraction of sp³-hybridized carbons (Fsp3) is 0.333. The van der Waals surface area contributed by atoms with E-state index in [1.807, 2.05) is 18.2 Å². The molecule has 0 atom stereocenters. The number of alkyl halides is 3. The minimum atomic E-state index is -4.35. The van der Waals surface area contributed by atoms with Gasteiger partial charge in [-0.15, -0.1) is 0 Å². The molecule has 0 aliphatic carbocycles. The SMILES string of the molecule is O=C(NC1CCN(C(=O)c2ccc(F)cc2)CC1)c1cc2ccc(OC3CCN(c4ccc(C(F)(F)F)cc4)CC3)cc2[nH]1. The van der Waals surface area contributed by atoms with E-state index in [0.29, 0.717) is 56.0 Å². The van der Waals surface area contributed by atoms with Gasteiger partial charge in [-0.25, -0.2) is 4.39 Å². The maximum absolute atomic E-state index is 13.2. The number of hydrogen-bond acceptors (Lipinski definition) is 4. The van der Waals surface area contributed by atoms with Crippen molar-refractivity contribution in [2.75, 3.05) is 31.1 Å². The second-order valence-electron chi connectivity index (χ2n) is 11.3. The first-order chi connectivity index (χ1) is 21.1. The number of hydrogen-bond donors (Lipinski definition) is 2. The van der Waals surface area contributed by atoms with Crippen LogP contribution in [0, 0.1) is 5.82 Å². The Morgan fingerprint density at radius 2 is 1.52 bits per heavy atom. The normalized spacial score (nSPS) is 16.7. The Morgan fingerprint density at radius 1 is 0.841 bits per heavy atom. The molecule has 2 aliphatic heterocycles. The maximum Gasteiger partial charge on any atom is 0.416 e. The lowest BCUT2D eigenvalue weighted by Crippen LogP contribution is -2.46. The highest BCUT2D eigenvalue weighted by Gasteiger charge is 2.31. The average Bonchev–Trinajstić information content (AvgIpc) is 3.45. The van der Waals surface area contributed by atoms with Crippen LogP contribution in [0.1, 0.15) is 52.1 Å². The molecular formula is C33H32F4N4O3. The van der Waals surface area contributed by atoms with Crippen LogP contribution >= 0.6 is 0 Å². The highest BCUT2D eigenvalue weighted by molar-refractivity contribution is 5.98. The largest absolute Gasteiger partial charge is 0.490 e. The molecule has 0 bridgehead atoms. The lowest BCUT2D eigenvalue weighted by atomic mass is 10.0. The highest BCUT2D eigenvalue weighted by atomic mass is 19.4. The van der Waals surface area contributed by atoms with Crippen molar-refractivity contribution in [1.82, 2.24) is 15.2 Å². The van der Waals surface area contributed by atoms with Crippen molar-refractivity contribution >= 4 is 28.4 Å². The molecule has 1 aromatic heterocycles. The number of fused-ring (bicyclic) bond motifs is 1. The molecule has 2 fully saturated rings. The van der Waals surface area contributed by atoms with Gasteiger partial charge in [0.2, 0.25) is 0 Å². The maximum atomic E-state index is 13.2. The number of halogens is 4. The molecule has 4 aromatic rings. The van der Waals surface area contributed by atoms with Crippen LogP contribution in [0.25, 0.3) is 10.9 Å². The standard InChI is InChI=1S/C33H32F4N4O3/c34-24-6-1-21(2-7-24)32(43)41-15-11-25(12-16-41)38-31(42)30-19-22-3-10-28(20-29(22)39-30)44-27-13-17-40(18-14-27)26-8-4-23(5-9-26)33(35,36)37/h1-10,19-20,25,27,39H,11-18H2,(H,38,42). The summed E-state index contributed by atoms with van der Waals surface area (Å²) in [6.45, 7) is 2.34. The molecule has 230 valence electrons. The smallest absolute Gasteiger partial charge is 0.416 e.